The fourth-order valence-corrected chi connectivity index (χ4v) is 5.94. The van der Waals surface area contributed by atoms with Crippen molar-refractivity contribution in [2.75, 3.05) is 6.61 Å². The predicted octanol–water partition coefficient (Wildman–Crippen LogP) is 7.86. The molecule has 0 saturated carbocycles. The summed E-state index contributed by atoms with van der Waals surface area (Å²) in [6.45, 7) is 15.7. The normalized spacial score (nSPS) is 15.2. The third-order valence-corrected chi connectivity index (χ3v) is 12.1. The van der Waals surface area contributed by atoms with Crippen LogP contribution in [0.25, 0.3) is 0 Å². The van der Waals surface area contributed by atoms with E-state index in [1.807, 2.05) is 25.1 Å². The summed E-state index contributed by atoms with van der Waals surface area (Å²) in [5.74, 6) is -0.216. The summed E-state index contributed by atoms with van der Waals surface area (Å²) in [6, 6.07) is 31.2. The molecule has 0 aliphatic heterocycles. The van der Waals surface area contributed by atoms with Crippen LogP contribution in [0.15, 0.2) is 91.0 Å². The average Bonchev–Trinajstić information content (AvgIpc) is 2.88. The number of rotatable bonds is 11. The number of aldehydes is 1. The van der Waals surface area contributed by atoms with Gasteiger partial charge in [-0.15, -0.1) is 0 Å². The zero-order valence-corrected chi connectivity index (χ0v) is 23.9. The van der Waals surface area contributed by atoms with E-state index >= 15 is 0 Å². The van der Waals surface area contributed by atoms with Crippen LogP contribution in [0.1, 0.15) is 51.3 Å². The Hall–Kier alpha value is -2.53. The molecule has 192 valence electrons. The van der Waals surface area contributed by atoms with Gasteiger partial charge in [-0.3, -0.25) is 0 Å². The second-order valence-corrected chi connectivity index (χ2v) is 16.2. The zero-order chi connectivity index (χ0) is 26.4. The fourth-order valence-electron chi connectivity index (χ4n) is 4.46. The molecule has 0 heterocycles. The molecule has 0 saturated heterocycles. The summed E-state index contributed by atoms with van der Waals surface area (Å²) >= 11 is 0. The summed E-state index contributed by atoms with van der Waals surface area (Å²) in [5, 5.41) is 0.0519. The molecule has 0 aliphatic rings. The lowest BCUT2D eigenvalue weighted by atomic mass is 9.80. The minimum Gasteiger partial charge on any atom is -0.413 e. The number of ether oxygens (including phenoxy) is 1. The molecule has 36 heavy (non-hydrogen) atoms. The van der Waals surface area contributed by atoms with E-state index in [2.05, 4.69) is 114 Å². The highest BCUT2D eigenvalue weighted by Gasteiger charge is 2.43. The lowest BCUT2D eigenvalue weighted by Gasteiger charge is -2.43. The number of hydrogen-bond donors (Lipinski definition) is 0. The molecule has 4 heteroatoms. The van der Waals surface area contributed by atoms with E-state index in [0.29, 0.717) is 6.61 Å². The molecule has 0 unspecified atom stereocenters. The Morgan fingerprint density at radius 1 is 0.750 bits per heavy atom. The summed E-state index contributed by atoms with van der Waals surface area (Å²) in [5.41, 5.74) is 2.42. The lowest BCUT2D eigenvalue weighted by Crippen LogP contribution is -2.48. The number of carbonyl (C=O) groups is 1. The Morgan fingerprint density at radius 3 is 1.47 bits per heavy atom. The van der Waals surface area contributed by atoms with Crippen LogP contribution in [-0.4, -0.2) is 27.3 Å². The first-order valence-electron chi connectivity index (χ1n) is 13.0. The van der Waals surface area contributed by atoms with Crippen LogP contribution in [0.2, 0.25) is 18.1 Å². The standard InChI is InChI=1S/C32H42O3Si/c1-25(23-33)30(35-36(6,7)31(3,4)5)26(2)24-34-32(27-17-11-8-12-18-27,28-19-13-9-14-20-28)29-21-15-10-16-22-29/h8-23,25-26,30H,24H2,1-7H3/t25-,26-,30+/m0/s1. The van der Waals surface area contributed by atoms with Gasteiger partial charge in [0.15, 0.2) is 8.32 Å². The molecular formula is C32H42O3Si. The van der Waals surface area contributed by atoms with Crippen molar-refractivity contribution < 1.29 is 14.0 Å². The van der Waals surface area contributed by atoms with E-state index in [0.717, 1.165) is 23.0 Å². The van der Waals surface area contributed by atoms with E-state index in [1.165, 1.54) is 0 Å². The largest absolute Gasteiger partial charge is 0.413 e. The monoisotopic (exact) mass is 502 g/mol. The van der Waals surface area contributed by atoms with E-state index in [4.69, 9.17) is 9.16 Å². The Labute approximate surface area is 219 Å². The second kappa shape index (κ2) is 11.7. The highest BCUT2D eigenvalue weighted by molar-refractivity contribution is 6.74. The van der Waals surface area contributed by atoms with Crippen LogP contribution < -0.4 is 0 Å². The van der Waals surface area contributed by atoms with Crippen molar-refractivity contribution in [1.82, 2.24) is 0 Å². The first kappa shape index (κ1) is 28.0. The molecular weight excluding hydrogens is 460 g/mol. The SMILES string of the molecule is C[C@@H](C=O)[C@@H](O[Si](C)(C)C(C)(C)C)[C@@H](C)COC(c1ccccc1)(c1ccccc1)c1ccccc1. The fraction of sp³-hybridized carbons (Fsp3) is 0.406. The van der Waals surface area contributed by atoms with E-state index in [1.54, 1.807) is 0 Å². The van der Waals surface area contributed by atoms with Crippen molar-refractivity contribution in [1.29, 1.82) is 0 Å². The van der Waals surface area contributed by atoms with Crippen LogP contribution in [-0.2, 0) is 19.6 Å². The van der Waals surface area contributed by atoms with Gasteiger partial charge in [0.2, 0.25) is 0 Å². The van der Waals surface area contributed by atoms with E-state index < -0.39 is 13.9 Å². The molecule has 0 aliphatic carbocycles. The molecule has 0 amide bonds. The second-order valence-electron chi connectivity index (χ2n) is 11.4. The Kier molecular flexibility index (Phi) is 9.10. The van der Waals surface area contributed by atoms with Crippen molar-refractivity contribution in [3.05, 3.63) is 108 Å². The third-order valence-electron chi connectivity index (χ3n) is 7.63. The van der Waals surface area contributed by atoms with Gasteiger partial charge in [-0.05, 0) is 34.8 Å². The van der Waals surface area contributed by atoms with Gasteiger partial charge in [-0.2, -0.15) is 0 Å². The van der Waals surface area contributed by atoms with Crippen molar-refractivity contribution >= 4 is 14.6 Å². The average molecular weight is 503 g/mol. The zero-order valence-electron chi connectivity index (χ0n) is 22.9. The quantitative estimate of drug-likeness (QED) is 0.152. The topological polar surface area (TPSA) is 35.5 Å². The molecule has 3 rings (SSSR count). The van der Waals surface area contributed by atoms with Crippen molar-refractivity contribution in [2.45, 2.75) is 64.5 Å². The highest BCUT2D eigenvalue weighted by atomic mass is 28.4. The minimum absolute atomic E-state index is 0.00911. The van der Waals surface area contributed by atoms with Gasteiger partial charge < -0.3 is 14.0 Å². The maximum atomic E-state index is 11.9. The molecule has 3 atom stereocenters. The first-order chi connectivity index (χ1) is 17.0. The smallest absolute Gasteiger partial charge is 0.192 e. The molecule has 0 N–H and O–H groups in total. The Morgan fingerprint density at radius 2 is 1.14 bits per heavy atom. The van der Waals surface area contributed by atoms with Gasteiger partial charge in [-0.25, -0.2) is 0 Å². The molecule has 0 bridgehead atoms. The molecule has 0 radical (unpaired) electrons. The van der Waals surface area contributed by atoms with Gasteiger partial charge in [0.1, 0.15) is 11.9 Å². The van der Waals surface area contributed by atoms with Gasteiger partial charge in [0.05, 0.1) is 12.7 Å². The number of carbonyl (C=O) groups excluding carboxylic acids is 1. The van der Waals surface area contributed by atoms with E-state index in [-0.39, 0.29) is 23.0 Å². The van der Waals surface area contributed by atoms with Crippen LogP contribution in [0, 0.1) is 11.8 Å². The molecule has 3 aromatic rings. The van der Waals surface area contributed by atoms with Crippen LogP contribution in [0.3, 0.4) is 0 Å². The van der Waals surface area contributed by atoms with Gasteiger partial charge in [-0.1, -0.05) is 126 Å². The van der Waals surface area contributed by atoms with Crippen molar-refractivity contribution in [2.24, 2.45) is 11.8 Å². The molecule has 3 nitrogen and oxygen atoms in total. The van der Waals surface area contributed by atoms with E-state index in [9.17, 15) is 4.79 Å². The lowest BCUT2D eigenvalue weighted by molar-refractivity contribution is -0.115. The maximum absolute atomic E-state index is 11.9. The van der Waals surface area contributed by atoms with Gasteiger partial charge in [0.25, 0.3) is 0 Å². The Balaban J connectivity index is 2.05. The van der Waals surface area contributed by atoms with Gasteiger partial charge >= 0.3 is 0 Å². The summed E-state index contributed by atoms with van der Waals surface area (Å²) in [6.07, 6.45) is 0.802. The number of hydrogen-bond acceptors (Lipinski definition) is 3. The first-order valence-corrected chi connectivity index (χ1v) is 15.9. The summed E-state index contributed by atoms with van der Waals surface area (Å²) < 4.78 is 13.9. The van der Waals surface area contributed by atoms with Crippen LogP contribution >= 0.6 is 0 Å². The third kappa shape index (κ3) is 6.05. The van der Waals surface area contributed by atoms with Gasteiger partial charge in [0, 0.05) is 11.8 Å². The predicted molar refractivity (Wildman–Crippen MR) is 152 cm³/mol. The van der Waals surface area contributed by atoms with Crippen LogP contribution in [0.4, 0.5) is 0 Å². The molecule has 0 aromatic heterocycles. The molecule has 0 spiro atoms. The van der Waals surface area contributed by atoms with Crippen molar-refractivity contribution in [3.63, 3.8) is 0 Å². The number of benzene rings is 3. The highest BCUT2D eigenvalue weighted by Crippen LogP contribution is 2.42. The van der Waals surface area contributed by atoms with Crippen LogP contribution in [0.5, 0.6) is 0 Å². The molecule has 3 aromatic carbocycles. The van der Waals surface area contributed by atoms with Crippen molar-refractivity contribution in [3.8, 4) is 0 Å². The summed E-state index contributed by atoms with van der Waals surface area (Å²) in [7, 11) is -2.09. The maximum Gasteiger partial charge on any atom is 0.192 e. The Bertz CT molecular complexity index is 978. The molecule has 0 fully saturated rings. The summed E-state index contributed by atoms with van der Waals surface area (Å²) in [4.78, 5) is 11.9. The minimum atomic E-state index is -2.09.